The summed E-state index contributed by atoms with van der Waals surface area (Å²) in [4.78, 5) is 34.6. The molecule has 0 aromatic carbocycles. The van der Waals surface area contributed by atoms with Gasteiger partial charge in [0.05, 0.1) is 25.5 Å². The van der Waals surface area contributed by atoms with Crippen LogP contribution >= 0.6 is 0 Å². The standard InChI is InChI=1S/C24H33N5O3/c1-16(2)23(30)28-10-7-19-21(14-28)25-22-12-20(26-29(22)24(19)31)18-5-8-27(9-6-18)13-17-4-3-11-32-15-17/h4,12,16,18,26H,3,5-11,13-15H2,1-2H3. The van der Waals surface area contributed by atoms with Gasteiger partial charge in [-0.3, -0.25) is 19.6 Å². The van der Waals surface area contributed by atoms with Crippen LogP contribution in [-0.2, 0) is 22.5 Å². The Bertz CT molecular complexity index is 1090. The number of H-pyrrole nitrogens is 1. The van der Waals surface area contributed by atoms with E-state index in [4.69, 9.17) is 9.72 Å². The summed E-state index contributed by atoms with van der Waals surface area (Å²) in [6.07, 6.45) is 6.03. The van der Waals surface area contributed by atoms with Crippen LogP contribution in [0.1, 0.15) is 56.0 Å². The molecule has 172 valence electrons. The molecule has 5 heterocycles. The average Bonchev–Trinajstić information content (AvgIpc) is 3.24. The minimum atomic E-state index is -0.0481. The summed E-state index contributed by atoms with van der Waals surface area (Å²) in [5.74, 6) is 0.475. The van der Waals surface area contributed by atoms with E-state index in [1.807, 2.05) is 24.8 Å². The second-order valence-electron chi connectivity index (χ2n) is 9.67. The normalized spacial score (nSPS) is 20.6. The summed E-state index contributed by atoms with van der Waals surface area (Å²) in [6, 6.07) is 2.03. The summed E-state index contributed by atoms with van der Waals surface area (Å²) in [6.45, 7) is 9.52. The maximum Gasteiger partial charge on any atom is 0.276 e. The fourth-order valence-electron chi connectivity index (χ4n) is 5.18. The molecule has 0 aliphatic carbocycles. The maximum atomic E-state index is 13.1. The Morgan fingerprint density at radius 3 is 2.81 bits per heavy atom. The molecule has 0 spiro atoms. The quantitative estimate of drug-likeness (QED) is 0.738. The third kappa shape index (κ3) is 4.13. The third-order valence-corrected chi connectivity index (χ3v) is 7.03. The molecule has 3 aliphatic heterocycles. The lowest BCUT2D eigenvalue weighted by atomic mass is 9.93. The van der Waals surface area contributed by atoms with Crippen molar-refractivity contribution < 1.29 is 9.53 Å². The van der Waals surface area contributed by atoms with Crippen molar-refractivity contribution in [3.8, 4) is 0 Å². The highest BCUT2D eigenvalue weighted by Crippen LogP contribution is 2.28. The van der Waals surface area contributed by atoms with Crippen LogP contribution < -0.4 is 5.56 Å². The van der Waals surface area contributed by atoms with Gasteiger partial charge in [0, 0.05) is 42.2 Å². The smallest absolute Gasteiger partial charge is 0.276 e. The van der Waals surface area contributed by atoms with Gasteiger partial charge in [-0.1, -0.05) is 19.9 Å². The van der Waals surface area contributed by atoms with Crippen LogP contribution in [0, 0.1) is 5.92 Å². The van der Waals surface area contributed by atoms with E-state index in [0.717, 1.165) is 69.1 Å². The molecule has 1 saturated heterocycles. The third-order valence-electron chi connectivity index (χ3n) is 7.03. The lowest BCUT2D eigenvalue weighted by Crippen LogP contribution is -2.41. The number of piperidine rings is 1. The molecule has 2 aromatic rings. The molecule has 3 aliphatic rings. The van der Waals surface area contributed by atoms with E-state index in [-0.39, 0.29) is 17.4 Å². The number of rotatable bonds is 4. The first kappa shape index (κ1) is 21.4. The Labute approximate surface area is 188 Å². The SMILES string of the molecule is CC(C)C(=O)N1CCc2c(nc3cc(C4CCN(CC5=CCCOC5)CC4)[nH]n3c2=O)C1. The molecule has 1 amide bonds. The fraction of sp³-hybridized carbons (Fsp3) is 0.625. The summed E-state index contributed by atoms with van der Waals surface area (Å²) in [5, 5.41) is 3.34. The van der Waals surface area contributed by atoms with Crippen molar-refractivity contribution in [2.45, 2.75) is 52.0 Å². The predicted molar refractivity (Wildman–Crippen MR) is 122 cm³/mol. The Hall–Kier alpha value is -2.45. The number of hydrogen-bond donors (Lipinski definition) is 1. The minimum absolute atomic E-state index is 0.0189. The van der Waals surface area contributed by atoms with Gasteiger partial charge >= 0.3 is 0 Å². The maximum absolute atomic E-state index is 13.1. The highest BCUT2D eigenvalue weighted by atomic mass is 16.5. The van der Waals surface area contributed by atoms with Gasteiger partial charge in [-0.25, -0.2) is 9.50 Å². The minimum Gasteiger partial charge on any atom is -0.377 e. The van der Waals surface area contributed by atoms with Gasteiger partial charge in [0.1, 0.15) is 0 Å². The molecule has 2 aromatic heterocycles. The zero-order valence-electron chi connectivity index (χ0n) is 19.1. The van der Waals surface area contributed by atoms with Crippen molar-refractivity contribution in [1.82, 2.24) is 24.4 Å². The molecule has 0 bridgehead atoms. The number of ether oxygens (including phenoxy) is 1. The lowest BCUT2D eigenvalue weighted by molar-refractivity contribution is -0.135. The highest BCUT2D eigenvalue weighted by molar-refractivity contribution is 5.78. The lowest BCUT2D eigenvalue weighted by Gasteiger charge is -2.32. The van der Waals surface area contributed by atoms with Gasteiger partial charge in [-0.2, -0.15) is 0 Å². The molecule has 0 saturated carbocycles. The first-order valence-electron chi connectivity index (χ1n) is 11.9. The number of aromatic amines is 1. The zero-order chi connectivity index (χ0) is 22.2. The second-order valence-corrected chi connectivity index (χ2v) is 9.67. The van der Waals surface area contributed by atoms with Crippen molar-refractivity contribution in [2.24, 2.45) is 5.92 Å². The number of aromatic nitrogens is 3. The van der Waals surface area contributed by atoms with E-state index in [9.17, 15) is 9.59 Å². The molecule has 1 fully saturated rings. The molecule has 32 heavy (non-hydrogen) atoms. The molecule has 8 heteroatoms. The van der Waals surface area contributed by atoms with Crippen molar-refractivity contribution >= 4 is 11.6 Å². The van der Waals surface area contributed by atoms with Crippen LogP contribution in [0.4, 0.5) is 0 Å². The monoisotopic (exact) mass is 439 g/mol. The van der Waals surface area contributed by atoms with Crippen molar-refractivity contribution in [3.63, 3.8) is 0 Å². The molecule has 0 unspecified atom stereocenters. The van der Waals surface area contributed by atoms with Crippen LogP contribution in [0.5, 0.6) is 0 Å². The number of nitrogens with zero attached hydrogens (tertiary/aromatic N) is 4. The molecular formula is C24H33N5O3. The van der Waals surface area contributed by atoms with E-state index in [0.29, 0.717) is 31.1 Å². The first-order chi connectivity index (χ1) is 15.5. The highest BCUT2D eigenvalue weighted by Gasteiger charge is 2.28. The van der Waals surface area contributed by atoms with Crippen LogP contribution in [0.2, 0.25) is 0 Å². The second kappa shape index (κ2) is 8.83. The molecule has 0 atom stereocenters. The van der Waals surface area contributed by atoms with Crippen LogP contribution in [0.3, 0.4) is 0 Å². The average molecular weight is 440 g/mol. The summed E-state index contributed by atoms with van der Waals surface area (Å²) in [5.41, 5.74) is 4.61. The Morgan fingerprint density at radius 2 is 2.09 bits per heavy atom. The Morgan fingerprint density at radius 1 is 1.28 bits per heavy atom. The summed E-state index contributed by atoms with van der Waals surface area (Å²) >= 11 is 0. The van der Waals surface area contributed by atoms with Crippen molar-refractivity contribution in [3.05, 3.63) is 45.0 Å². The fourth-order valence-corrected chi connectivity index (χ4v) is 5.18. The number of carbonyl (C=O) groups excluding carboxylic acids is 1. The van der Waals surface area contributed by atoms with Gasteiger partial charge < -0.3 is 9.64 Å². The van der Waals surface area contributed by atoms with E-state index >= 15 is 0 Å². The van der Waals surface area contributed by atoms with Gasteiger partial charge in [-0.15, -0.1) is 0 Å². The number of likely N-dealkylation sites (tertiary alicyclic amines) is 1. The summed E-state index contributed by atoms with van der Waals surface area (Å²) in [7, 11) is 0. The molecule has 8 nitrogen and oxygen atoms in total. The number of carbonyl (C=O) groups is 1. The van der Waals surface area contributed by atoms with E-state index in [1.54, 1.807) is 4.52 Å². The van der Waals surface area contributed by atoms with E-state index in [2.05, 4.69) is 16.1 Å². The molecule has 1 N–H and O–H groups in total. The number of fused-ring (bicyclic) bond motifs is 2. The Balaban J connectivity index is 1.30. The van der Waals surface area contributed by atoms with Gasteiger partial charge in [0.25, 0.3) is 5.56 Å². The van der Waals surface area contributed by atoms with E-state index in [1.165, 1.54) is 5.57 Å². The first-order valence-corrected chi connectivity index (χ1v) is 11.9. The van der Waals surface area contributed by atoms with Gasteiger partial charge in [-0.05, 0) is 44.3 Å². The zero-order valence-corrected chi connectivity index (χ0v) is 19.1. The number of hydrogen-bond acceptors (Lipinski definition) is 5. The molecule has 0 radical (unpaired) electrons. The largest absolute Gasteiger partial charge is 0.377 e. The molecule has 5 rings (SSSR count). The van der Waals surface area contributed by atoms with Crippen molar-refractivity contribution in [1.29, 1.82) is 0 Å². The molecular weight excluding hydrogens is 406 g/mol. The van der Waals surface area contributed by atoms with Crippen molar-refractivity contribution in [2.75, 3.05) is 39.4 Å². The number of amides is 1. The van der Waals surface area contributed by atoms with Crippen LogP contribution in [0.25, 0.3) is 5.65 Å². The predicted octanol–water partition coefficient (Wildman–Crippen LogP) is 2.09. The van der Waals surface area contributed by atoms with Crippen LogP contribution in [-0.4, -0.2) is 69.7 Å². The summed E-state index contributed by atoms with van der Waals surface area (Å²) < 4.78 is 7.17. The number of nitrogens with one attached hydrogen (secondary N) is 1. The Kier molecular flexibility index (Phi) is 5.90. The van der Waals surface area contributed by atoms with Gasteiger partial charge in [0.15, 0.2) is 5.65 Å². The topological polar surface area (TPSA) is 82.9 Å². The van der Waals surface area contributed by atoms with Crippen LogP contribution in [0.15, 0.2) is 22.5 Å². The van der Waals surface area contributed by atoms with Gasteiger partial charge in [0.2, 0.25) is 5.91 Å². The van der Waals surface area contributed by atoms with E-state index < -0.39 is 0 Å².